The van der Waals surface area contributed by atoms with Crippen LogP contribution in [0.4, 0.5) is 16.2 Å². The van der Waals surface area contributed by atoms with Gasteiger partial charge in [-0.05, 0) is 96.6 Å². The van der Waals surface area contributed by atoms with Crippen molar-refractivity contribution in [3.05, 3.63) is 53.6 Å². The van der Waals surface area contributed by atoms with Gasteiger partial charge in [0.15, 0.2) is 5.60 Å². The number of anilines is 2. The molecule has 4 aliphatic rings. The molecule has 12 heteroatoms. The minimum atomic E-state index is -1.04. The van der Waals surface area contributed by atoms with Crippen LogP contribution in [0, 0.1) is 11.8 Å². The molecule has 1 saturated heterocycles. The number of hydrogen-bond donors (Lipinski definition) is 1. The molecular formula is C40H54N4O8. The van der Waals surface area contributed by atoms with E-state index in [9.17, 15) is 19.2 Å². The molecule has 2 heterocycles. The molecule has 4 atom stereocenters. The van der Waals surface area contributed by atoms with E-state index in [0.29, 0.717) is 49.7 Å². The summed E-state index contributed by atoms with van der Waals surface area (Å²) in [6.07, 6.45) is 2.49. The van der Waals surface area contributed by atoms with Gasteiger partial charge in [0.2, 0.25) is 11.8 Å². The number of carbonyl (C=O) groups is 4. The van der Waals surface area contributed by atoms with Crippen LogP contribution < -0.4 is 19.9 Å². The number of carbonyl (C=O) groups excluding carboxylic acids is 4. The first-order chi connectivity index (χ1) is 24.7. The van der Waals surface area contributed by atoms with Crippen molar-refractivity contribution in [3.8, 4) is 5.75 Å². The van der Waals surface area contributed by atoms with Crippen LogP contribution in [0.25, 0.3) is 0 Å². The van der Waals surface area contributed by atoms with Crippen molar-refractivity contribution in [1.29, 1.82) is 0 Å². The molecule has 52 heavy (non-hydrogen) atoms. The van der Waals surface area contributed by atoms with Gasteiger partial charge in [0.05, 0.1) is 29.7 Å². The van der Waals surface area contributed by atoms with Gasteiger partial charge in [0.25, 0.3) is 5.91 Å². The molecule has 2 aliphatic carbocycles. The van der Waals surface area contributed by atoms with E-state index in [-0.39, 0.29) is 55.4 Å². The number of amides is 4. The molecule has 0 spiro atoms. The van der Waals surface area contributed by atoms with Gasteiger partial charge >= 0.3 is 6.09 Å². The van der Waals surface area contributed by atoms with Gasteiger partial charge in [-0.1, -0.05) is 24.3 Å². The lowest BCUT2D eigenvalue weighted by Gasteiger charge is -2.40. The van der Waals surface area contributed by atoms with E-state index in [1.807, 2.05) is 43.3 Å². The lowest BCUT2D eigenvalue weighted by molar-refractivity contribution is -0.133. The first-order valence-corrected chi connectivity index (χ1v) is 18.7. The zero-order valence-electron chi connectivity index (χ0n) is 31.6. The zero-order valence-corrected chi connectivity index (χ0v) is 31.6. The molecule has 0 bridgehead atoms. The summed E-state index contributed by atoms with van der Waals surface area (Å²) in [5.41, 5.74) is 1.62. The molecule has 1 saturated carbocycles. The fourth-order valence-corrected chi connectivity index (χ4v) is 7.66. The number of ether oxygens (including phenoxy) is 4. The number of hydrogen-bond acceptors (Lipinski definition) is 8. The molecule has 1 N–H and O–H groups in total. The average Bonchev–Trinajstić information content (AvgIpc) is 3.87. The maximum atomic E-state index is 14.7. The summed E-state index contributed by atoms with van der Waals surface area (Å²) in [7, 11) is 1.63. The SMILES string of the molecule is CCO[C@@H]1Cc2ccccc2[C@H]1NC(=O)[C@H]1C[C@@H](C(=O)N(c2ccc3c(c2)N(CCCOC)C(=O)C(C)(C)O3)C2CC2)CN(C(=O)OC(C)(C)C)C1. The molecule has 2 aliphatic heterocycles. The molecule has 282 valence electrons. The molecule has 2 fully saturated rings. The number of fused-ring (bicyclic) bond motifs is 2. The van der Waals surface area contributed by atoms with Crippen LogP contribution in [0.15, 0.2) is 42.5 Å². The van der Waals surface area contributed by atoms with Crippen LogP contribution in [0.5, 0.6) is 5.75 Å². The maximum Gasteiger partial charge on any atom is 0.410 e. The second kappa shape index (κ2) is 15.1. The van der Waals surface area contributed by atoms with Crippen molar-refractivity contribution in [2.75, 3.05) is 49.8 Å². The number of nitrogens with one attached hydrogen (secondary N) is 1. The Hall–Kier alpha value is -4.16. The first-order valence-electron chi connectivity index (χ1n) is 18.7. The number of rotatable bonds is 11. The van der Waals surface area contributed by atoms with Crippen molar-refractivity contribution in [1.82, 2.24) is 10.2 Å². The van der Waals surface area contributed by atoms with Crippen molar-refractivity contribution in [3.63, 3.8) is 0 Å². The summed E-state index contributed by atoms with van der Waals surface area (Å²) in [5.74, 6) is -1.31. The highest BCUT2D eigenvalue weighted by atomic mass is 16.6. The third kappa shape index (κ3) is 8.07. The van der Waals surface area contributed by atoms with Crippen molar-refractivity contribution < 1.29 is 38.1 Å². The third-order valence-corrected chi connectivity index (χ3v) is 10.2. The topological polar surface area (TPSA) is 127 Å². The highest BCUT2D eigenvalue weighted by Gasteiger charge is 2.46. The zero-order chi connectivity index (χ0) is 37.4. The lowest BCUT2D eigenvalue weighted by Crippen LogP contribution is -2.54. The second-order valence-corrected chi connectivity index (χ2v) is 15.9. The Morgan fingerprint density at radius 3 is 2.48 bits per heavy atom. The van der Waals surface area contributed by atoms with Gasteiger partial charge in [-0.15, -0.1) is 0 Å². The second-order valence-electron chi connectivity index (χ2n) is 15.9. The largest absolute Gasteiger partial charge is 0.476 e. The summed E-state index contributed by atoms with van der Waals surface area (Å²) in [4.78, 5) is 61.0. The first kappa shape index (κ1) is 37.6. The van der Waals surface area contributed by atoms with Crippen LogP contribution in [0.3, 0.4) is 0 Å². The van der Waals surface area contributed by atoms with Gasteiger partial charge in [-0.2, -0.15) is 0 Å². The Balaban J connectivity index is 1.28. The maximum absolute atomic E-state index is 14.7. The smallest absolute Gasteiger partial charge is 0.410 e. The van der Waals surface area contributed by atoms with E-state index >= 15 is 0 Å². The Kier molecular flexibility index (Phi) is 10.9. The van der Waals surface area contributed by atoms with Gasteiger partial charge in [0, 0.05) is 58.1 Å². The fourth-order valence-electron chi connectivity index (χ4n) is 7.66. The molecule has 0 unspecified atom stereocenters. The van der Waals surface area contributed by atoms with Crippen LogP contribution in [0.1, 0.15) is 84.4 Å². The van der Waals surface area contributed by atoms with Crippen LogP contribution in [-0.2, 0) is 35.0 Å². The van der Waals surface area contributed by atoms with Gasteiger partial charge < -0.3 is 39.0 Å². The van der Waals surface area contributed by atoms with Crippen LogP contribution >= 0.6 is 0 Å². The molecule has 0 radical (unpaired) electrons. The summed E-state index contributed by atoms with van der Waals surface area (Å²) < 4.78 is 23.2. The molecule has 6 rings (SSSR count). The summed E-state index contributed by atoms with van der Waals surface area (Å²) in [6.45, 7) is 12.5. The van der Waals surface area contributed by atoms with Gasteiger partial charge in [0.1, 0.15) is 11.4 Å². The Morgan fingerprint density at radius 1 is 1.06 bits per heavy atom. The van der Waals surface area contributed by atoms with E-state index in [2.05, 4.69) is 11.4 Å². The molecule has 0 aromatic heterocycles. The Labute approximate surface area is 307 Å². The van der Waals surface area contributed by atoms with E-state index in [1.54, 1.807) is 51.5 Å². The molecular weight excluding hydrogens is 664 g/mol. The highest BCUT2D eigenvalue weighted by Crippen LogP contribution is 2.43. The molecule has 2 aromatic carbocycles. The number of methoxy groups -OCH3 is 1. The number of likely N-dealkylation sites (tertiary alicyclic amines) is 1. The summed E-state index contributed by atoms with van der Waals surface area (Å²) >= 11 is 0. The molecule has 4 amide bonds. The quantitative estimate of drug-likeness (QED) is 0.306. The third-order valence-electron chi connectivity index (χ3n) is 10.2. The minimum absolute atomic E-state index is 0.0322. The summed E-state index contributed by atoms with van der Waals surface area (Å²) in [6, 6.07) is 13.2. The Morgan fingerprint density at radius 2 is 1.79 bits per heavy atom. The minimum Gasteiger partial charge on any atom is -0.476 e. The standard InChI is InChI=1S/C40H54N4O8/c1-8-50-33-21-25-12-9-10-13-30(25)34(33)41-35(45)26-20-27(24-42(23-26)38(48)52-39(2,3)4)36(46)44(28-14-15-28)29-16-17-32-31(22-29)43(18-11-19-49-7)37(47)40(5,6)51-32/h9-10,12-13,16-17,22,26-28,33-34H,8,11,14-15,18-21,23-24H2,1-7H3,(H,41,45)/t26-,27+,33+,34+/m0/s1. The molecule has 12 nitrogen and oxygen atoms in total. The molecule has 2 aromatic rings. The number of piperidine rings is 1. The van der Waals surface area contributed by atoms with Gasteiger partial charge in [-0.3, -0.25) is 14.4 Å². The highest BCUT2D eigenvalue weighted by molar-refractivity contribution is 6.04. The van der Waals surface area contributed by atoms with E-state index in [1.165, 1.54) is 4.90 Å². The normalized spacial score (nSPS) is 23.7. The van der Waals surface area contributed by atoms with Crippen molar-refractivity contribution in [2.24, 2.45) is 11.8 Å². The lowest BCUT2D eigenvalue weighted by atomic mass is 9.87. The van der Waals surface area contributed by atoms with Crippen LogP contribution in [0.2, 0.25) is 0 Å². The predicted octanol–water partition coefficient (Wildman–Crippen LogP) is 5.41. The average molecular weight is 719 g/mol. The predicted molar refractivity (Wildman–Crippen MR) is 196 cm³/mol. The van der Waals surface area contributed by atoms with Gasteiger partial charge in [-0.25, -0.2) is 4.79 Å². The monoisotopic (exact) mass is 718 g/mol. The van der Waals surface area contributed by atoms with E-state index < -0.39 is 29.1 Å². The fraction of sp³-hybridized carbons (Fsp3) is 0.600. The van der Waals surface area contributed by atoms with E-state index in [0.717, 1.165) is 24.0 Å². The van der Waals surface area contributed by atoms with Crippen LogP contribution in [-0.4, -0.2) is 92.0 Å². The van der Waals surface area contributed by atoms with Crippen molar-refractivity contribution >= 4 is 35.2 Å². The summed E-state index contributed by atoms with van der Waals surface area (Å²) in [5, 5.41) is 3.25. The number of benzene rings is 2. The number of nitrogens with zero attached hydrogens (tertiary/aromatic N) is 3. The Bertz CT molecular complexity index is 1670. The van der Waals surface area contributed by atoms with Crippen molar-refractivity contribution in [2.45, 2.75) is 103 Å². The van der Waals surface area contributed by atoms with E-state index in [4.69, 9.17) is 18.9 Å².